The Bertz CT molecular complexity index is 3300. The molecule has 0 fully saturated rings. The van der Waals surface area contributed by atoms with E-state index >= 15 is 0 Å². The molecule has 2 aliphatic rings. The van der Waals surface area contributed by atoms with E-state index in [0.29, 0.717) is 0 Å². The van der Waals surface area contributed by atoms with Crippen LogP contribution in [0.4, 0.5) is 17.1 Å². The van der Waals surface area contributed by atoms with E-state index in [1.165, 1.54) is 81.5 Å². The average molecular weight is 750 g/mol. The van der Waals surface area contributed by atoms with Gasteiger partial charge in [0.15, 0.2) is 0 Å². The number of thiophene rings is 1. The topological polar surface area (TPSA) is 16.4 Å². The highest BCUT2D eigenvalue weighted by atomic mass is 32.1. The van der Waals surface area contributed by atoms with E-state index in [9.17, 15) is 0 Å². The third kappa shape index (κ3) is 4.52. The number of nitrogens with zero attached hydrogens (tertiary/aromatic N) is 1. The molecule has 10 aromatic rings. The van der Waals surface area contributed by atoms with Crippen molar-refractivity contribution < 1.29 is 4.42 Å². The van der Waals surface area contributed by atoms with E-state index in [2.05, 4.69) is 184 Å². The van der Waals surface area contributed by atoms with Gasteiger partial charge in [-0.1, -0.05) is 137 Å². The van der Waals surface area contributed by atoms with Crippen molar-refractivity contribution in [2.45, 2.75) is 38.5 Å². The lowest BCUT2D eigenvalue weighted by Crippen LogP contribution is -2.16. The Morgan fingerprint density at radius 2 is 1.11 bits per heavy atom. The summed E-state index contributed by atoms with van der Waals surface area (Å²) in [6.45, 7) is 9.48. The van der Waals surface area contributed by atoms with Crippen molar-refractivity contribution in [1.82, 2.24) is 0 Å². The zero-order chi connectivity index (χ0) is 38.2. The molecule has 0 unspecified atom stereocenters. The Morgan fingerprint density at radius 1 is 0.456 bits per heavy atom. The van der Waals surface area contributed by atoms with Gasteiger partial charge in [-0.05, 0) is 110 Å². The molecule has 2 nitrogen and oxygen atoms in total. The highest BCUT2D eigenvalue weighted by Crippen LogP contribution is 2.56. The third-order valence-electron chi connectivity index (χ3n) is 13.1. The molecule has 0 saturated carbocycles. The minimum absolute atomic E-state index is 0.0518. The first-order chi connectivity index (χ1) is 27.8. The highest BCUT2D eigenvalue weighted by Gasteiger charge is 2.38. The van der Waals surface area contributed by atoms with Crippen molar-refractivity contribution in [2.24, 2.45) is 0 Å². The molecule has 2 aromatic heterocycles. The van der Waals surface area contributed by atoms with E-state index in [1.807, 2.05) is 23.5 Å². The maximum absolute atomic E-state index is 6.16. The third-order valence-corrected chi connectivity index (χ3v) is 14.3. The van der Waals surface area contributed by atoms with Crippen LogP contribution in [0.1, 0.15) is 49.9 Å². The van der Waals surface area contributed by atoms with Gasteiger partial charge in [-0.2, -0.15) is 0 Å². The predicted molar refractivity (Wildman–Crippen MR) is 242 cm³/mol. The number of rotatable bonds is 4. The fraction of sp³-hybridized carbons (Fsp3) is 0.111. The molecule has 2 aliphatic carbocycles. The molecular formula is C54H39NOS. The standard InChI is InChI=1S/C54H39NOS/c1-53(2)43-17-9-6-14-39(43)50-44(53)27-29-49-51(50)40-15-11-18-46(52(40)57-49)55(35-25-26-37-36-12-5-8-16-42(36)54(3,4)45(37)31-35)34-23-20-32(21-24-34)33-22-28-48-41(30-33)38-13-7-10-19-47(38)56-48/h5-31H,1-4H3. The molecule has 0 spiro atoms. The van der Waals surface area contributed by atoms with E-state index in [-0.39, 0.29) is 10.8 Å². The van der Waals surface area contributed by atoms with Crippen LogP contribution in [0.15, 0.2) is 168 Å². The molecular weight excluding hydrogens is 711 g/mol. The summed E-state index contributed by atoms with van der Waals surface area (Å²) >= 11 is 1.91. The molecule has 57 heavy (non-hydrogen) atoms. The van der Waals surface area contributed by atoms with Gasteiger partial charge in [-0.25, -0.2) is 0 Å². The van der Waals surface area contributed by atoms with Crippen LogP contribution in [0, 0.1) is 0 Å². The highest BCUT2D eigenvalue weighted by molar-refractivity contribution is 7.26. The summed E-state index contributed by atoms with van der Waals surface area (Å²) in [7, 11) is 0. The minimum Gasteiger partial charge on any atom is -0.456 e. The molecule has 2 heterocycles. The lowest BCUT2D eigenvalue weighted by Gasteiger charge is -2.28. The molecule has 0 bridgehead atoms. The molecule has 0 aliphatic heterocycles. The van der Waals surface area contributed by atoms with Gasteiger partial charge in [-0.3, -0.25) is 0 Å². The molecule has 0 amide bonds. The van der Waals surface area contributed by atoms with Gasteiger partial charge in [0.1, 0.15) is 11.2 Å². The van der Waals surface area contributed by atoms with Crippen LogP contribution >= 0.6 is 11.3 Å². The van der Waals surface area contributed by atoms with Crippen molar-refractivity contribution >= 4 is 70.5 Å². The second kappa shape index (κ2) is 11.6. The fourth-order valence-electron chi connectivity index (χ4n) is 10.2. The molecule has 12 rings (SSSR count). The number of benzene rings is 8. The monoisotopic (exact) mass is 749 g/mol. The molecule has 3 heteroatoms. The number of hydrogen-bond acceptors (Lipinski definition) is 3. The molecule has 0 atom stereocenters. The Kier molecular flexibility index (Phi) is 6.65. The lowest BCUT2D eigenvalue weighted by atomic mass is 9.82. The maximum atomic E-state index is 6.16. The van der Waals surface area contributed by atoms with Gasteiger partial charge in [0.25, 0.3) is 0 Å². The van der Waals surface area contributed by atoms with E-state index in [1.54, 1.807) is 0 Å². The Hall–Kier alpha value is -6.42. The molecule has 0 radical (unpaired) electrons. The normalized spacial score (nSPS) is 14.6. The zero-order valence-corrected chi connectivity index (χ0v) is 33.2. The summed E-state index contributed by atoms with van der Waals surface area (Å²) in [4.78, 5) is 2.49. The fourth-order valence-corrected chi connectivity index (χ4v) is 11.4. The van der Waals surface area contributed by atoms with Crippen LogP contribution in [0.5, 0.6) is 0 Å². The summed E-state index contributed by atoms with van der Waals surface area (Å²) < 4.78 is 8.79. The van der Waals surface area contributed by atoms with E-state index < -0.39 is 0 Å². The van der Waals surface area contributed by atoms with Crippen molar-refractivity contribution in [3.8, 4) is 33.4 Å². The van der Waals surface area contributed by atoms with Gasteiger partial charge in [0, 0.05) is 48.4 Å². The predicted octanol–water partition coefficient (Wildman–Crippen LogP) is 15.7. The Balaban J connectivity index is 1.06. The SMILES string of the molecule is CC1(C)c2ccccc2-c2ccc(N(c3ccc(-c4ccc5oc6ccccc6c5c4)cc3)c3cccc4c3sc3ccc5c(c34)-c3ccccc3C5(C)C)cc21. The maximum Gasteiger partial charge on any atom is 0.135 e. The Morgan fingerprint density at radius 3 is 1.95 bits per heavy atom. The van der Waals surface area contributed by atoms with Crippen molar-refractivity contribution in [3.63, 3.8) is 0 Å². The Labute approximate surface area is 336 Å². The second-order valence-corrected chi connectivity index (χ2v) is 17.9. The molecule has 272 valence electrons. The summed E-state index contributed by atoms with van der Waals surface area (Å²) in [6.07, 6.45) is 0. The number of para-hydroxylation sites is 1. The number of anilines is 3. The number of fused-ring (bicyclic) bond motifs is 13. The quantitative estimate of drug-likeness (QED) is 0.178. The lowest BCUT2D eigenvalue weighted by molar-refractivity contribution is 0.660. The van der Waals surface area contributed by atoms with E-state index in [4.69, 9.17) is 4.42 Å². The van der Waals surface area contributed by atoms with Crippen molar-refractivity contribution in [2.75, 3.05) is 4.90 Å². The molecule has 0 saturated heterocycles. The summed E-state index contributed by atoms with van der Waals surface area (Å²) in [6, 6.07) is 60.7. The molecule has 8 aromatic carbocycles. The summed E-state index contributed by atoms with van der Waals surface area (Å²) in [5.74, 6) is 0. The van der Waals surface area contributed by atoms with Crippen LogP contribution in [-0.2, 0) is 10.8 Å². The van der Waals surface area contributed by atoms with Crippen LogP contribution in [-0.4, -0.2) is 0 Å². The average Bonchev–Trinajstić information content (AvgIpc) is 3.94. The zero-order valence-electron chi connectivity index (χ0n) is 32.4. The van der Waals surface area contributed by atoms with Gasteiger partial charge in [0.2, 0.25) is 0 Å². The second-order valence-electron chi connectivity index (χ2n) is 16.9. The van der Waals surface area contributed by atoms with Crippen LogP contribution in [0.3, 0.4) is 0 Å². The number of furan rings is 1. The first-order valence-electron chi connectivity index (χ1n) is 19.9. The molecule has 0 N–H and O–H groups in total. The van der Waals surface area contributed by atoms with Gasteiger partial charge >= 0.3 is 0 Å². The summed E-state index contributed by atoms with van der Waals surface area (Å²) in [5.41, 5.74) is 18.5. The van der Waals surface area contributed by atoms with Gasteiger partial charge in [0.05, 0.1) is 10.4 Å². The van der Waals surface area contributed by atoms with Crippen molar-refractivity contribution in [1.29, 1.82) is 0 Å². The largest absolute Gasteiger partial charge is 0.456 e. The van der Waals surface area contributed by atoms with Gasteiger partial charge in [-0.15, -0.1) is 11.3 Å². The minimum atomic E-state index is -0.113. The van der Waals surface area contributed by atoms with Crippen LogP contribution < -0.4 is 4.90 Å². The smallest absolute Gasteiger partial charge is 0.135 e. The van der Waals surface area contributed by atoms with E-state index in [0.717, 1.165) is 33.3 Å². The first-order valence-corrected chi connectivity index (χ1v) is 20.7. The summed E-state index contributed by atoms with van der Waals surface area (Å²) in [5, 5.41) is 4.97. The first kappa shape index (κ1) is 32.8. The van der Waals surface area contributed by atoms with Crippen LogP contribution in [0.2, 0.25) is 0 Å². The van der Waals surface area contributed by atoms with Gasteiger partial charge < -0.3 is 9.32 Å². The van der Waals surface area contributed by atoms with Crippen molar-refractivity contribution in [3.05, 3.63) is 186 Å². The number of hydrogen-bond donors (Lipinski definition) is 0. The van der Waals surface area contributed by atoms with Crippen LogP contribution in [0.25, 0.3) is 75.5 Å².